The van der Waals surface area contributed by atoms with Gasteiger partial charge in [0.1, 0.15) is 5.75 Å². The van der Waals surface area contributed by atoms with Gasteiger partial charge in [0, 0.05) is 0 Å². The SMILES string of the molecule is CCCNC(c1cccc(C)c1)c1ccc(OC)cc1C. The van der Waals surface area contributed by atoms with E-state index in [1.54, 1.807) is 7.11 Å². The smallest absolute Gasteiger partial charge is 0.119 e. The van der Waals surface area contributed by atoms with Gasteiger partial charge in [-0.3, -0.25) is 0 Å². The molecule has 2 heteroatoms. The predicted octanol–water partition coefficient (Wildman–Crippen LogP) is 4.40. The molecule has 2 rings (SSSR count). The van der Waals surface area contributed by atoms with E-state index in [2.05, 4.69) is 62.5 Å². The monoisotopic (exact) mass is 283 g/mol. The molecule has 2 aromatic carbocycles. The minimum absolute atomic E-state index is 0.232. The van der Waals surface area contributed by atoms with Gasteiger partial charge in [-0.15, -0.1) is 0 Å². The van der Waals surface area contributed by atoms with E-state index in [9.17, 15) is 0 Å². The van der Waals surface area contributed by atoms with Crippen LogP contribution in [-0.2, 0) is 0 Å². The number of ether oxygens (including phenoxy) is 1. The third-order valence-electron chi connectivity index (χ3n) is 3.76. The highest BCUT2D eigenvalue weighted by atomic mass is 16.5. The molecule has 0 heterocycles. The molecule has 0 aliphatic heterocycles. The second kappa shape index (κ2) is 7.28. The van der Waals surface area contributed by atoms with E-state index in [-0.39, 0.29) is 6.04 Å². The molecule has 0 bridgehead atoms. The topological polar surface area (TPSA) is 21.3 Å². The molecule has 112 valence electrons. The minimum atomic E-state index is 0.232. The van der Waals surface area contributed by atoms with Crippen LogP contribution < -0.4 is 10.1 Å². The summed E-state index contributed by atoms with van der Waals surface area (Å²) in [6, 6.07) is 15.3. The molecule has 1 N–H and O–H groups in total. The van der Waals surface area contributed by atoms with Crippen LogP contribution in [0.1, 0.15) is 41.6 Å². The summed E-state index contributed by atoms with van der Waals surface area (Å²) < 4.78 is 5.32. The summed E-state index contributed by atoms with van der Waals surface area (Å²) in [4.78, 5) is 0. The Kier molecular flexibility index (Phi) is 5.40. The number of rotatable bonds is 6. The fourth-order valence-corrected chi connectivity index (χ4v) is 2.64. The average molecular weight is 283 g/mol. The zero-order valence-corrected chi connectivity index (χ0v) is 13.4. The molecule has 1 unspecified atom stereocenters. The highest BCUT2D eigenvalue weighted by Crippen LogP contribution is 2.28. The van der Waals surface area contributed by atoms with Gasteiger partial charge in [0.05, 0.1) is 13.2 Å². The third kappa shape index (κ3) is 3.85. The van der Waals surface area contributed by atoms with E-state index >= 15 is 0 Å². The van der Waals surface area contributed by atoms with Crippen LogP contribution in [0.2, 0.25) is 0 Å². The van der Waals surface area contributed by atoms with Gasteiger partial charge in [0.15, 0.2) is 0 Å². The van der Waals surface area contributed by atoms with Gasteiger partial charge in [0.25, 0.3) is 0 Å². The van der Waals surface area contributed by atoms with Crippen LogP contribution >= 0.6 is 0 Å². The average Bonchev–Trinajstić information content (AvgIpc) is 2.49. The Balaban J connectivity index is 2.40. The first kappa shape index (κ1) is 15.6. The molecule has 0 saturated heterocycles. The summed E-state index contributed by atoms with van der Waals surface area (Å²) in [5.41, 5.74) is 5.18. The summed E-state index contributed by atoms with van der Waals surface area (Å²) >= 11 is 0. The molecule has 0 radical (unpaired) electrons. The number of nitrogens with one attached hydrogen (secondary N) is 1. The lowest BCUT2D eigenvalue weighted by Gasteiger charge is -2.22. The van der Waals surface area contributed by atoms with E-state index in [0.29, 0.717) is 0 Å². The van der Waals surface area contributed by atoms with E-state index in [0.717, 1.165) is 18.7 Å². The highest BCUT2D eigenvalue weighted by molar-refractivity contribution is 5.41. The number of aryl methyl sites for hydroxylation is 2. The van der Waals surface area contributed by atoms with Crippen molar-refractivity contribution in [1.29, 1.82) is 0 Å². The Morgan fingerprint density at radius 1 is 1.10 bits per heavy atom. The van der Waals surface area contributed by atoms with Crippen LogP contribution in [0, 0.1) is 13.8 Å². The van der Waals surface area contributed by atoms with Crippen molar-refractivity contribution in [3.63, 3.8) is 0 Å². The van der Waals surface area contributed by atoms with Crippen molar-refractivity contribution in [3.8, 4) is 5.75 Å². The van der Waals surface area contributed by atoms with Gasteiger partial charge in [-0.25, -0.2) is 0 Å². The van der Waals surface area contributed by atoms with Crippen molar-refractivity contribution in [2.75, 3.05) is 13.7 Å². The molecule has 2 aromatic rings. The van der Waals surface area contributed by atoms with Crippen LogP contribution in [-0.4, -0.2) is 13.7 Å². The zero-order valence-electron chi connectivity index (χ0n) is 13.4. The van der Waals surface area contributed by atoms with Gasteiger partial charge in [0.2, 0.25) is 0 Å². The molecule has 1 atom stereocenters. The second-order valence-electron chi connectivity index (χ2n) is 5.52. The Hall–Kier alpha value is -1.80. The normalized spacial score (nSPS) is 12.2. The number of hydrogen-bond acceptors (Lipinski definition) is 2. The van der Waals surface area contributed by atoms with Crippen LogP contribution in [0.3, 0.4) is 0 Å². The van der Waals surface area contributed by atoms with E-state index in [1.807, 2.05) is 6.07 Å². The second-order valence-corrected chi connectivity index (χ2v) is 5.52. The zero-order chi connectivity index (χ0) is 15.2. The van der Waals surface area contributed by atoms with Gasteiger partial charge < -0.3 is 10.1 Å². The first-order valence-corrected chi connectivity index (χ1v) is 7.60. The first-order chi connectivity index (χ1) is 10.2. The molecule has 2 nitrogen and oxygen atoms in total. The van der Waals surface area contributed by atoms with Crippen molar-refractivity contribution in [2.24, 2.45) is 0 Å². The summed E-state index contributed by atoms with van der Waals surface area (Å²) in [6.45, 7) is 7.49. The molecular weight excluding hydrogens is 258 g/mol. The minimum Gasteiger partial charge on any atom is -0.497 e. The van der Waals surface area contributed by atoms with Crippen LogP contribution in [0.25, 0.3) is 0 Å². The van der Waals surface area contributed by atoms with E-state index in [4.69, 9.17) is 4.74 Å². The highest BCUT2D eigenvalue weighted by Gasteiger charge is 2.16. The lowest BCUT2D eigenvalue weighted by atomic mass is 9.93. The fourth-order valence-electron chi connectivity index (χ4n) is 2.64. The molecule has 0 spiro atoms. The maximum absolute atomic E-state index is 5.32. The van der Waals surface area contributed by atoms with E-state index in [1.165, 1.54) is 22.3 Å². The molecule has 0 amide bonds. The number of methoxy groups -OCH3 is 1. The fraction of sp³-hybridized carbons (Fsp3) is 0.368. The quantitative estimate of drug-likeness (QED) is 0.848. The van der Waals surface area contributed by atoms with Gasteiger partial charge in [-0.2, -0.15) is 0 Å². The maximum Gasteiger partial charge on any atom is 0.119 e. The van der Waals surface area contributed by atoms with Crippen LogP contribution in [0.15, 0.2) is 42.5 Å². The Morgan fingerprint density at radius 3 is 2.52 bits per heavy atom. The standard InChI is InChI=1S/C19H25NO/c1-5-11-20-19(16-8-6-7-14(2)12-16)18-10-9-17(21-4)13-15(18)3/h6-10,12-13,19-20H,5,11H2,1-4H3. The molecular formula is C19H25NO. The van der Waals surface area contributed by atoms with Crippen LogP contribution in [0.4, 0.5) is 0 Å². The maximum atomic E-state index is 5.32. The van der Waals surface area contributed by atoms with Crippen molar-refractivity contribution >= 4 is 0 Å². The summed E-state index contributed by atoms with van der Waals surface area (Å²) in [6.07, 6.45) is 1.12. The predicted molar refractivity (Wildman–Crippen MR) is 89.0 cm³/mol. The lowest BCUT2D eigenvalue weighted by Crippen LogP contribution is -2.24. The summed E-state index contributed by atoms with van der Waals surface area (Å²) in [7, 11) is 1.71. The Labute approximate surface area is 128 Å². The lowest BCUT2D eigenvalue weighted by molar-refractivity contribution is 0.414. The van der Waals surface area contributed by atoms with Gasteiger partial charge in [-0.1, -0.05) is 42.8 Å². The number of hydrogen-bond donors (Lipinski definition) is 1. The van der Waals surface area contributed by atoms with E-state index < -0.39 is 0 Å². The van der Waals surface area contributed by atoms with Crippen molar-refractivity contribution < 1.29 is 4.74 Å². The third-order valence-corrected chi connectivity index (χ3v) is 3.76. The molecule has 0 saturated carbocycles. The van der Waals surface area contributed by atoms with Crippen LogP contribution in [0.5, 0.6) is 5.75 Å². The van der Waals surface area contributed by atoms with Crippen molar-refractivity contribution in [1.82, 2.24) is 5.32 Å². The Morgan fingerprint density at radius 2 is 1.90 bits per heavy atom. The van der Waals surface area contributed by atoms with Crippen molar-refractivity contribution in [2.45, 2.75) is 33.2 Å². The largest absolute Gasteiger partial charge is 0.497 e. The molecule has 0 aromatic heterocycles. The molecule has 0 aliphatic rings. The molecule has 21 heavy (non-hydrogen) atoms. The summed E-state index contributed by atoms with van der Waals surface area (Å²) in [5.74, 6) is 0.912. The number of benzene rings is 2. The van der Waals surface area contributed by atoms with Gasteiger partial charge in [-0.05, 0) is 55.6 Å². The molecule has 0 aliphatic carbocycles. The molecule has 0 fully saturated rings. The first-order valence-electron chi connectivity index (χ1n) is 7.60. The van der Waals surface area contributed by atoms with Crippen molar-refractivity contribution in [3.05, 3.63) is 64.7 Å². The summed E-state index contributed by atoms with van der Waals surface area (Å²) in [5, 5.41) is 3.67. The Bertz CT molecular complexity index is 592. The van der Waals surface area contributed by atoms with Gasteiger partial charge >= 0.3 is 0 Å².